The van der Waals surface area contributed by atoms with E-state index in [-0.39, 0.29) is 18.3 Å². The number of halogens is 1. The van der Waals surface area contributed by atoms with E-state index in [1.165, 1.54) is 0 Å². The molecule has 3 heterocycles. The molecule has 0 spiro atoms. The summed E-state index contributed by atoms with van der Waals surface area (Å²) in [4.78, 5) is 19.4. The Labute approximate surface area is 142 Å². The Kier molecular flexibility index (Phi) is 5.26. The van der Waals surface area contributed by atoms with E-state index in [4.69, 9.17) is 5.73 Å². The number of amides is 1. The maximum Gasteiger partial charge on any atom is 0.259 e. The largest absolute Gasteiger partial charge is 0.338 e. The van der Waals surface area contributed by atoms with Crippen LogP contribution in [0.1, 0.15) is 40.3 Å². The first kappa shape index (κ1) is 17.7. The topological polar surface area (TPSA) is 76.5 Å². The second kappa shape index (κ2) is 6.84. The number of nitrogens with two attached hydrogens (primary N) is 1. The lowest BCUT2D eigenvalue weighted by atomic mass is 9.96. The molecule has 0 unspecified atom stereocenters. The van der Waals surface area contributed by atoms with Gasteiger partial charge in [-0.2, -0.15) is 5.10 Å². The minimum absolute atomic E-state index is 0. The van der Waals surface area contributed by atoms with Crippen LogP contribution in [0.3, 0.4) is 0 Å². The van der Waals surface area contributed by atoms with Crippen LogP contribution in [0.2, 0.25) is 0 Å². The number of carbonyl (C=O) groups excluding carboxylic acids is 1. The third kappa shape index (κ3) is 3.19. The summed E-state index contributed by atoms with van der Waals surface area (Å²) in [5.74, 6) is 0.581. The lowest BCUT2D eigenvalue weighted by molar-refractivity contribution is 0.0694. The molecule has 1 aliphatic heterocycles. The SMILES string of the molecule is Cc1cc(C)n2nc(C)c(C(=O)N3CCC(CN)CC3)c2n1.Cl. The zero-order valence-electron chi connectivity index (χ0n) is 13.9. The second-order valence-electron chi connectivity index (χ2n) is 6.21. The fourth-order valence-electron chi connectivity index (χ4n) is 3.21. The number of aryl methyl sites for hydroxylation is 3. The molecule has 1 amide bonds. The number of nitrogens with zero attached hydrogens (tertiary/aromatic N) is 4. The minimum Gasteiger partial charge on any atom is -0.338 e. The van der Waals surface area contributed by atoms with Gasteiger partial charge in [-0.1, -0.05) is 0 Å². The standard InChI is InChI=1S/C16H23N5O.ClH/c1-10-8-11(2)21-15(18-10)14(12(3)19-21)16(22)20-6-4-13(9-17)5-7-20;/h8,13H,4-7,9,17H2,1-3H3;1H. The number of rotatable bonds is 2. The van der Waals surface area contributed by atoms with Crippen LogP contribution in [-0.4, -0.2) is 45.0 Å². The molecule has 23 heavy (non-hydrogen) atoms. The van der Waals surface area contributed by atoms with Crippen LogP contribution in [0.5, 0.6) is 0 Å². The quantitative estimate of drug-likeness (QED) is 0.907. The fraction of sp³-hybridized carbons (Fsp3) is 0.562. The molecule has 0 aromatic carbocycles. The van der Waals surface area contributed by atoms with Crippen molar-refractivity contribution >= 4 is 24.0 Å². The zero-order valence-corrected chi connectivity index (χ0v) is 14.7. The predicted octanol–water partition coefficient (Wildman–Crippen LogP) is 1.89. The van der Waals surface area contributed by atoms with Gasteiger partial charge in [0.15, 0.2) is 5.65 Å². The Morgan fingerprint density at radius 3 is 2.57 bits per heavy atom. The van der Waals surface area contributed by atoms with Crippen molar-refractivity contribution in [3.8, 4) is 0 Å². The highest BCUT2D eigenvalue weighted by Crippen LogP contribution is 2.22. The van der Waals surface area contributed by atoms with Crippen molar-refractivity contribution in [1.82, 2.24) is 19.5 Å². The van der Waals surface area contributed by atoms with Crippen molar-refractivity contribution in [2.45, 2.75) is 33.6 Å². The number of hydrogen-bond acceptors (Lipinski definition) is 4. The maximum atomic E-state index is 12.9. The highest BCUT2D eigenvalue weighted by atomic mass is 35.5. The summed E-state index contributed by atoms with van der Waals surface area (Å²) in [5.41, 5.74) is 9.67. The summed E-state index contributed by atoms with van der Waals surface area (Å²) < 4.78 is 1.77. The molecule has 0 atom stereocenters. The monoisotopic (exact) mass is 337 g/mol. The number of carbonyl (C=O) groups is 1. The van der Waals surface area contributed by atoms with E-state index in [0.717, 1.165) is 43.0 Å². The van der Waals surface area contributed by atoms with E-state index in [2.05, 4.69) is 10.1 Å². The Balaban J connectivity index is 0.00000192. The van der Waals surface area contributed by atoms with Crippen LogP contribution in [0.4, 0.5) is 0 Å². The average molecular weight is 338 g/mol. The highest BCUT2D eigenvalue weighted by Gasteiger charge is 2.27. The normalized spacial score (nSPS) is 15.7. The smallest absolute Gasteiger partial charge is 0.259 e. The van der Waals surface area contributed by atoms with Crippen molar-refractivity contribution in [1.29, 1.82) is 0 Å². The summed E-state index contributed by atoms with van der Waals surface area (Å²) in [6, 6.07) is 1.97. The van der Waals surface area contributed by atoms with Crippen LogP contribution < -0.4 is 5.73 Å². The highest BCUT2D eigenvalue weighted by molar-refractivity contribution is 6.01. The number of piperidine rings is 1. The Bertz CT molecular complexity index is 719. The van der Waals surface area contributed by atoms with E-state index in [1.807, 2.05) is 31.7 Å². The molecule has 0 radical (unpaired) electrons. The lowest BCUT2D eigenvalue weighted by Crippen LogP contribution is -2.40. The summed E-state index contributed by atoms with van der Waals surface area (Å²) in [6.07, 6.45) is 1.96. The summed E-state index contributed by atoms with van der Waals surface area (Å²) in [5, 5.41) is 4.49. The molecule has 2 N–H and O–H groups in total. The van der Waals surface area contributed by atoms with Crippen molar-refractivity contribution in [2.24, 2.45) is 11.7 Å². The van der Waals surface area contributed by atoms with Gasteiger partial charge < -0.3 is 10.6 Å². The van der Waals surface area contributed by atoms with E-state index in [0.29, 0.717) is 23.7 Å². The number of likely N-dealkylation sites (tertiary alicyclic amines) is 1. The van der Waals surface area contributed by atoms with Crippen molar-refractivity contribution in [3.05, 3.63) is 28.7 Å². The summed E-state index contributed by atoms with van der Waals surface area (Å²) in [6.45, 7) is 8.04. The molecule has 2 aromatic heterocycles. The number of hydrogen-bond donors (Lipinski definition) is 1. The molecular formula is C16H24ClN5O. The molecule has 1 aliphatic rings. The first-order valence-corrected chi connectivity index (χ1v) is 7.84. The first-order valence-electron chi connectivity index (χ1n) is 7.84. The Morgan fingerprint density at radius 2 is 1.96 bits per heavy atom. The van der Waals surface area contributed by atoms with E-state index in [1.54, 1.807) is 4.52 Å². The molecule has 126 valence electrons. The van der Waals surface area contributed by atoms with Crippen LogP contribution in [0.25, 0.3) is 5.65 Å². The lowest BCUT2D eigenvalue weighted by Gasteiger charge is -2.31. The van der Waals surface area contributed by atoms with Crippen LogP contribution in [-0.2, 0) is 0 Å². The van der Waals surface area contributed by atoms with E-state index < -0.39 is 0 Å². The third-order valence-corrected chi connectivity index (χ3v) is 4.52. The Hall–Kier alpha value is -1.66. The summed E-state index contributed by atoms with van der Waals surface area (Å²) >= 11 is 0. The van der Waals surface area contributed by atoms with Gasteiger partial charge in [-0.05, 0) is 52.1 Å². The molecule has 3 rings (SSSR count). The third-order valence-electron chi connectivity index (χ3n) is 4.52. The predicted molar refractivity (Wildman–Crippen MR) is 92.1 cm³/mol. The average Bonchev–Trinajstić information content (AvgIpc) is 2.83. The van der Waals surface area contributed by atoms with Gasteiger partial charge in [0.05, 0.1) is 5.69 Å². The molecule has 7 heteroatoms. The van der Waals surface area contributed by atoms with Gasteiger partial charge in [0.1, 0.15) is 5.56 Å². The molecule has 0 aliphatic carbocycles. The maximum absolute atomic E-state index is 12.9. The van der Waals surface area contributed by atoms with Crippen LogP contribution >= 0.6 is 12.4 Å². The van der Waals surface area contributed by atoms with Crippen molar-refractivity contribution in [2.75, 3.05) is 19.6 Å². The van der Waals surface area contributed by atoms with E-state index in [9.17, 15) is 4.79 Å². The van der Waals surface area contributed by atoms with Crippen LogP contribution in [0.15, 0.2) is 6.07 Å². The first-order chi connectivity index (χ1) is 10.5. The molecule has 2 aromatic rings. The van der Waals surface area contributed by atoms with Gasteiger partial charge in [-0.15, -0.1) is 12.4 Å². The van der Waals surface area contributed by atoms with Gasteiger partial charge >= 0.3 is 0 Å². The van der Waals surface area contributed by atoms with Gasteiger partial charge in [0.2, 0.25) is 0 Å². The molecule has 1 saturated heterocycles. The van der Waals surface area contributed by atoms with Gasteiger partial charge in [0.25, 0.3) is 5.91 Å². The molecule has 0 saturated carbocycles. The van der Waals surface area contributed by atoms with Gasteiger partial charge in [-0.25, -0.2) is 9.50 Å². The fourth-order valence-corrected chi connectivity index (χ4v) is 3.21. The summed E-state index contributed by atoms with van der Waals surface area (Å²) in [7, 11) is 0. The zero-order chi connectivity index (χ0) is 15.9. The van der Waals surface area contributed by atoms with Crippen molar-refractivity contribution < 1.29 is 4.79 Å². The van der Waals surface area contributed by atoms with Gasteiger partial charge in [-0.3, -0.25) is 4.79 Å². The Morgan fingerprint density at radius 1 is 1.30 bits per heavy atom. The molecular weight excluding hydrogens is 314 g/mol. The molecule has 6 nitrogen and oxygen atoms in total. The van der Waals surface area contributed by atoms with E-state index >= 15 is 0 Å². The van der Waals surface area contributed by atoms with Crippen molar-refractivity contribution in [3.63, 3.8) is 0 Å². The van der Waals surface area contributed by atoms with Crippen LogP contribution in [0, 0.1) is 26.7 Å². The number of aromatic nitrogens is 3. The van der Waals surface area contributed by atoms with Gasteiger partial charge in [0, 0.05) is 24.5 Å². The minimum atomic E-state index is 0. The second-order valence-corrected chi connectivity index (χ2v) is 6.21. The molecule has 1 fully saturated rings. The number of fused-ring (bicyclic) bond motifs is 1. The molecule has 0 bridgehead atoms.